The number of anilines is 5. The molecule has 22 nitrogen and oxygen atoms in total. The van der Waals surface area contributed by atoms with Gasteiger partial charge in [0.25, 0.3) is 17.9 Å². The number of aryl methyl sites for hydroxylation is 2. The number of methoxy groups -OCH3 is 1. The lowest BCUT2D eigenvalue weighted by molar-refractivity contribution is -0.555. The van der Waals surface area contributed by atoms with Gasteiger partial charge >= 0.3 is 6.03 Å². The van der Waals surface area contributed by atoms with E-state index < -0.39 is 12.0 Å². The lowest BCUT2D eigenvalue weighted by atomic mass is 9.92. The van der Waals surface area contributed by atoms with Crippen LogP contribution >= 0.6 is 11.6 Å². The van der Waals surface area contributed by atoms with Crippen LogP contribution in [-0.2, 0) is 40.8 Å². The first-order chi connectivity index (χ1) is 38.6. The van der Waals surface area contributed by atoms with Crippen molar-refractivity contribution in [3.63, 3.8) is 0 Å². The first kappa shape index (κ1) is 56.8. The minimum absolute atomic E-state index is 0.00269. The molecule has 80 heavy (non-hydrogen) atoms. The van der Waals surface area contributed by atoms with Crippen LogP contribution in [0.15, 0.2) is 47.5 Å². The minimum Gasteiger partial charge on any atom is -0.494 e. The third-order valence-corrected chi connectivity index (χ3v) is 15.8. The Morgan fingerprint density at radius 2 is 1.74 bits per heavy atom. The van der Waals surface area contributed by atoms with E-state index in [1.165, 1.54) is 24.9 Å². The zero-order chi connectivity index (χ0) is 56.8. The number of allylic oxidation sites excluding steroid dienone is 1. The Morgan fingerprint density at radius 1 is 0.963 bits per heavy atom. The highest BCUT2D eigenvalue weighted by Gasteiger charge is 2.36. The SMILES string of the molecule is CNC(=O)COc1cc2cc(Nc3nc(N4CCC(C(=O)NCCCC(=O)N5CCC(n6nc(N7CCCc8cc(/C(C=N)=C/[NH2+]C)c(C(F)F)cc87)c7c6CCN(C(=O)NC)C7)CC5)CC4)ncc3Cl)cc(OC)c2n(C)c1=O. The third-order valence-electron chi connectivity index (χ3n) is 15.5. The number of rotatable bonds is 18. The number of likely N-dealkylation sites (N-methyl/N-ethyl adjacent to an activating group) is 1. The van der Waals surface area contributed by atoms with Crippen molar-refractivity contribution in [2.24, 2.45) is 13.0 Å². The maximum absolute atomic E-state index is 14.8. The smallest absolute Gasteiger partial charge is 0.317 e. The zero-order valence-corrected chi connectivity index (χ0v) is 46.4. The number of alkyl halides is 2. The number of benzene rings is 2. The number of hydrogen-bond donors (Lipinski definition) is 6. The topological polar surface area (TPSA) is 254 Å². The van der Waals surface area contributed by atoms with Crippen LogP contribution in [0.4, 0.5) is 42.5 Å². The average molecular weight is 1130 g/mol. The lowest BCUT2D eigenvalue weighted by Crippen LogP contribution is -2.72. The third kappa shape index (κ3) is 12.0. The highest BCUT2D eigenvalue weighted by molar-refractivity contribution is 6.33. The second kappa shape index (κ2) is 25.1. The van der Waals surface area contributed by atoms with Crippen molar-refractivity contribution in [2.75, 3.05) is 95.8 Å². The van der Waals surface area contributed by atoms with Crippen molar-refractivity contribution in [1.29, 1.82) is 5.41 Å². The van der Waals surface area contributed by atoms with Crippen LogP contribution in [0, 0.1) is 11.3 Å². The normalized spacial score (nSPS) is 16.1. The van der Waals surface area contributed by atoms with E-state index in [2.05, 4.69) is 30.9 Å². The fourth-order valence-corrected chi connectivity index (χ4v) is 11.4. The molecule has 0 aliphatic carbocycles. The molecule has 2 aromatic carbocycles. The number of piperidine rings is 2. The molecule has 5 aromatic rings. The summed E-state index contributed by atoms with van der Waals surface area (Å²) < 4.78 is 44.2. The molecule has 3 aromatic heterocycles. The average Bonchev–Trinajstić information content (AvgIpc) is 4.04. The number of likely N-dealkylation sites (tertiary alicyclic amines) is 1. The summed E-state index contributed by atoms with van der Waals surface area (Å²) in [5, 5.41) is 27.3. The number of nitrogens with one attached hydrogen (secondary N) is 5. The van der Waals surface area contributed by atoms with Crippen LogP contribution in [0.5, 0.6) is 11.5 Å². The number of fused-ring (bicyclic) bond motifs is 3. The van der Waals surface area contributed by atoms with Crippen molar-refractivity contribution >= 4 is 87.0 Å². The van der Waals surface area contributed by atoms with Gasteiger partial charge in [0, 0.05) is 132 Å². The summed E-state index contributed by atoms with van der Waals surface area (Å²) in [5.41, 5.74) is 4.71. The van der Waals surface area contributed by atoms with E-state index in [0.717, 1.165) is 29.5 Å². The Balaban J connectivity index is 0.777. The van der Waals surface area contributed by atoms with Crippen molar-refractivity contribution < 1.29 is 42.7 Å². The molecule has 4 aliphatic rings. The number of urea groups is 1. The summed E-state index contributed by atoms with van der Waals surface area (Å²) >= 11 is 6.60. The quantitative estimate of drug-likeness (QED) is 0.0503. The molecule has 426 valence electrons. The van der Waals surface area contributed by atoms with Crippen molar-refractivity contribution in [3.8, 4) is 11.5 Å². The predicted octanol–water partition coefficient (Wildman–Crippen LogP) is 4.93. The Bertz CT molecular complexity index is 3260. The number of nitrogens with two attached hydrogens (primary N) is 1. The Hall–Kier alpha value is -7.86. The minimum atomic E-state index is -2.77. The number of quaternary nitrogens is 1. The van der Waals surface area contributed by atoms with Crippen LogP contribution in [-0.4, -0.2) is 145 Å². The molecule has 7 heterocycles. The van der Waals surface area contributed by atoms with Gasteiger partial charge < -0.3 is 65.6 Å². The fraction of sp³-hybridized carbons (Fsp3) is 0.473. The molecule has 0 saturated carbocycles. The maximum atomic E-state index is 14.8. The van der Waals surface area contributed by atoms with Gasteiger partial charge in [-0.2, -0.15) is 10.1 Å². The molecule has 0 radical (unpaired) electrons. The van der Waals surface area contributed by atoms with E-state index in [9.17, 15) is 32.8 Å². The largest absolute Gasteiger partial charge is 0.494 e. The van der Waals surface area contributed by atoms with Crippen molar-refractivity contribution in [2.45, 2.75) is 76.8 Å². The second-order valence-electron chi connectivity index (χ2n) is 20.4. The number of amides is 5. The fourth-order valence-electron chi connectivity index (χ4n) is 11.3. The van der Waals surface area contributed by atoms with Crippen molar-refractivity contribution in [1.82, 2.24) is 50.1 Å². The number of hydrogen-bond acceptors (Lipinski definition) is 14. The maximum Gasteiger partial charge on any atom is 0.317 e. The molecule has 25 heteroatoms. The number of aromatic nitrogens is 5. The molecule has 7 N–H and O–H groups in total. The summed E-state index contributed by atoms with van der Waals surface area (Å²) in [6.45, 7) is 3.52. The van der Waals surface area contributed by atoms with Gasteiger partial charge in [-0.25, -0.2) is 18.6 Å². The summed E-state index contributed by atoms with van der Waals surface area (Å²) in [6, 6.07) is 8.17. The molecule has 2 saturated heterocycles. The van der Waals surface area contributed by atoms with Gasteiger partial charge in [-0.1, -0.05) is 11.6 Å². The van der Waals surface area contributed by atoms with Gasteiger partial charge in [-0.05, 0) is 80.3 Å². The molecule has 0 bridgehead atoms. The molecule has 0 spiro atoms. The molecule has 0 unspecified atom stereocenters. The molecular formula is C55H69ClF2N15O7+. The monoisotopic (exact) mass is 1120 g/mol. The number of pyridine rings is 1. The highest BCUT2D eigenvalue weighted by Crippen LogP contribution is 2.43. The van der Waals surface area contributed by atoms with Gasteiger partial charge in [-0.15, -0.1) is 0 Å². The Kier molecular flexibility index (Phi) is 17.8. The van der Waals surface area contributed by atoms with E-state index in [0.29, 0.717) is 154 Å². The number of carbonyl (C=O) groups is 4. The van der Waals surface area contributed by atoms with Gasteiger partial charge in [-0.3, -0.25) is 23.9 Å². The van der Waals surface area contributed by atoms with Gasteiger partial charge in [0.05, 0.1) is 44.0 Å². The molecule has 0 atom stereocenters. The zero-order valence-electron chi connectivity index (χ0n) is 45.7. The van der Waals surface area contributed by atoms with Gasteiger partial charge in [0.2, 0.25) is 17.8 Å². The number of carbonyl (C=O) groups excluding carboxylic acids is 4. The summed E-state index contributed by atoms with van der Waals surface area (Å²) in [7, 11) is 7.96. The van der Waals surface area contributed by atoms with E-state index in [1.54, 1.807) is 67.9 Å². The van der Waals surface area contributed by atoms with E-state index in [4.69, 9.17) is 36.6 Å². The molecule has 5 amide bonds. The van der Waals surface area contributed by atoms with Crippen LogP contribution in [0.2, 0.25) is 5.02 Å². The Labute approximate surface area is 466 Å². The standard InChI is InChI=1S/C55H68ClF2N15O7/c1-60-28-35(27-59)38-23-33-8-7-16-72(43(33)26-39(38)49(57)58)51-40-30-71(55(78)62-3)21-14-42(40)73(67-51)37-12-19-69(20-13-37)47(75)9-6-15-63-52(76)32-10-17-70(18-11-32)54-64-29-41(56)50(66-54)65-36-22-34-24-45(80-31-46(74)61-2)53(77)68(4)48(34)44(25-36)79-5/h22-29,32,37,49,59-60H,6-21,30-31H2,1-5H3,(H,61,74)(H,62,78)(H,63,76)(H,64,65,66)/p+1/b35-28+,59-27?. The first-order valence-electron chi connectivity index (χ1n) is 27.1. The summed E-state index contributed by atoms with van der Waals surface area (Å²) in [4.78, 5) is 81.7. The summed E-state index contributed by atoms with van der Waals surface area (Å²) in [6.07, 6.45) is 6.79. The van der Waals surface area contributed by atoms with Gasteiger partial charge in [0.1, 0.15) is 17.0 Å². The first-order valence-corrected chi connectivity index (χ1v) is 27.5. The predicted molar refractivity (Wildman–Crippen MR) is 300 cm³/mol. The number of halogens is 3. The molecule has 9 rings (SSSR count). The van der Waals surface area contributed by atoms with Crippen LogP contribution in [0.25, 0.3) is 16.5 Å². The van der Waals surface area contributed by atoms with E-state index in [1.807, 2.05) is 14.7 Å². The Morgan fingerprint density at radius 3 is 2.44 bits per heavy atom. The van der Waals surface area contributed by atoms with E-state index in [-0.39, 0.29) is 65.1 Å². The molecular weight excluding hydrogens is 1060 g/mol. The molecule has 4 aliphatic heterocycles. The summed E-state index contributed by atoms with van der Waals surface area (Å²) in [5.74, 6) is 1.18. The van der Waals surface area contributed by atoms with Crippen molar-refractivity contribution in [3.05, 3.63) is 86.1 Å². The van der Waals surface area contributed by atoms with E-state index >= 15 is 0 Å². The second-order valence-corrected chi connectivity index (χ2v) is 20.8. The molecule has 2 fully saturated rings. The lowest BCUT2D eigenvalue weighted by Gasteiger charge is -2.34. The van der Waals surface area contributed by atoms with Gasteiger partial charge in [0.15, 0.2) is 24.0 Å². The van der Waals surface area contributed by atoms with Crippen LogP contribution in [0.3, 0.4) is 0 Å². The number of nitrogens with zero attached hydrogens (tertiary/aromatic N) is 9. The highest BCUT2D eigenvalue weighted by atomic mass is 35.5. The number of ether oxygens (including phenoxy) is 2. The van der Waals surface area contributed by atoms with Crippen LogP contribution in [0.1, 0.15) is 85.4 Å². The van der Waals surface area contributed by atoms with Crippen LogP contribution < -0.4 is 51.4 Å².